The molecule has 0 atom stereocenters. The molecule has 22 heavy (non-hydrogen) atoms. The van der Waals surface area contributed by atoms with E-state index in [0.717, 1.165) is 0 Å². The van der Waals surface area contributed by atoms with Crippen LogP contribution in [0.2, 0.25) is 0 Å². The molecule has 0 radical (unpaired) electrons. The third-order valence-corrected chi connectivity index (χ3v) is 3.42. The lowest BCUT2D eigenvalue weighted by Crippen LogP contribution is -2.10. The number of para-hydroxylation sites is 1. The fourth-order valence-electron chi connectivity index (χ4n) is 1.84. The number of esters is 1. The van der Waals surface area contributed by atoms with Crippen LogP contribution in [0.15, 0.2) is 46.9 Å². The van der Waals surface area contributed by atoms with Crippen molar-refractivity contribution in [3.63, 3.8) is 0 Å². The van der Waals surface area contributed by atoms with E-state index in [1.54, 1.807) is 12.1 Å². The maximum absolute atomic E-state index is 13.6. The van der Waals surface area contributed by atoms with Gasteiger partial charge in [-0.1, -0.05) is 40.2 Å². The highest BCUT2D eigenvalue weighted by Crippen LogP contribution is 2.19. The van der Waals surface area contributed by atoms with Gasteiger partial charge in [0.05, 0.1) is 11.3 Å². The van der Waals surface area contributed by atoms with E-state index in [1.807, 2.05) is 0 Å². The van der Waals surface area contributed by atoms with Crippen LogP contribution in [0.3, 0.4) is 0 Å². The highest BCUT2D eigenvalue weighted by atomic mass is 79.9. The second-order valence-electron chi connectivity index (χ2n) is 4.46. The number of benzene rings is 2. The van der Waals surface area contributed by atoms with Crippen LogP contribution in [0.4, 0.5) is 10.1 Å². The van der Waals surface area contributed by atoms with E-state index in [4.69, 9.17) is 4.74 Å². The molecule has 0 fully saturated rings. The minimum absolute atomic E-state index is 0.144. The van der Waals surface area contributed by atoms with E-state index in [0.29, 0.717) is 4.47 Å². The van der Waals surface area contributed by atoms with Crippen molar-refractivity contribution in [2.24, 2.45) is 0 Å². The first kappa shape index (κ1) is 16.1. The summed E-state index contributed by atoms with van der Waals surface area (Å²) in [7, 11) is 0. The van der Waals surface area contributed by atoms with E-state index >= 15 is 0 Å². The van der Waals surface area contributed by atoms with Crippen LogP contribution in [0.1, 0.15) is 11.1 Å². The number of nitro benzene ring substituents is 1. The number of nitro groups is 1. The Morgan fingerprint density at radius 1 is 1.23 bits per heavy atom. The highest BCUT2D eigenvalue weighted by molar-refractivity contribution is 9.10. The van der Waals surface area contributed by atoms with Gasteiger partial charge in [-0.05, 0) is 12.1 Å². The van der Waals surface area contributed by atoms with Gasteiger partial charge in [0, 0.05) is 21.7 Å². The molecule has 0 aliphatic carbocycles. The van der Waals surface area contributed by atoms with Gasteiger partial charge in [-0.25, -0.2) is 4.39 Å². The average molecular weight is 368 g/mol. The molecule has 0 aliphatic heterocycles. The van der Waals surface area contributed by atoms with Crippen LogP contribution in [0.5, 0.6) is 0 Å². The standard InChI is InChI=1S/C15H11BrFNO4/c16-12-6-5-11(13(17)8-12)9-22-15(19)7-10-3-1-2-4-14(10)18(20)21/h1-6,8H,7,9H2. The molecule has 2 aromatic carbocycles. The van der Waals surface area contributed by atoms with Crippen molar-refractivity contribution in [3.8, 4) is 0 Å². The van der Waals surface area contributed by atoms with Crippen molar-refractivity contribution in [2.45, 2.75) is 13.0 Å². The molecule has 0 aromatic heterocycles. The average Bonchev–Trinajstić information content (AvgIpc) is 2.46. The molecule has 2 aromatic rings. The van der Waals surface area contributed by atoms with Gasteiger partial charge in [0.1, 0.15) is 12.4 Å². The van der Waals surface area contributed by atoms with Gasteiger partial charge in [-0.15, -0.1) is 0 Å². The first-order valence-corrected chi connectivity index (χ1v) is 7.08. The number of hydrogen-bond acceptors (Lipinski definition) is 4. The summed E-state index contributed by atoms with van der Waals surface area (Å²) in [4.78, 5) is 22.1. The third kappa shape index (κ3) is 4.11. The summed E-state index contributed by atoms with van der Waals surface area (Å²) in [5.74, 6) is -1.15. The normalized spacial score (nSPS) is 10.3. The van der Waals surface area contributed by atoms with E-state index in [-0.39, 0.29) is 29.8 Å². The zero-order valence-electron chi connectivity index (χ0n) is 11.3. The lowest BCUT2D eigenvalue weighted by Gasteiger charge is -2.07. The Labute approximate surface area is 134 Å². The smallest absolute Gasteiger partial charge is 0.310 e. The molecule has 0 spiro atoms. The number of carbonyl (C=O) groups is 1. The van der Waals surface area contributed by atoms with Crippen LogP contribution in [-0.4, -0.2) is 10.9 Å². The van der Waals surface area contributed by atoms with Crippen molar-refractivity contribution < 1.29 is 18.8 Å². The Bertz CT molecular complexity index is 720. The molecule has 0 unspecified atom stereocenters. The van der Waals surface area contributed by atoms with Crippen LogP contribution in [0, 0.1) is 15.9 Å². The first-order valence-electron chi connectivity index (χ1n) is 6.29. The van der Waals surface area contributed by atoms with Gasteiger partial charge in [-0.2, -0.15) is 0 Å². The first-order chi connectivity index (χ1) is 10.5. The molecule has 0 N–H and O–H groups in total. The van der Waals surface area contributed by atoms with Crippen molar-refractivity contribution in [3.05, 3.63) is 74.0 Å². The molecule has 0 saturated heterocycles. The summed E-state index contributed by atoms with van der Waals surface area (Å²) in [5, 5.41) is 10.9. The minimum atomic E-state index is -0.656. The fraction of sp³-hybridized carbons (Fsp3) is 0.133. The molecular formula is C15H11BrFNO4. The van der Waals surface area contributed by atoms with Gasteiger partial charge in [0.2, 0.25) is 0 Å². The second kappa shape index (κ2) is 7.13. The molecule has 5 nitrogen and oxygen atoms in total. The Balaban J connectivity index is 2.00. The molecule has 0 amide bonds. The summed E-state index contributed by atoms with van der Waals surface area (Å²) in [6, 6.07) is 10.3. The maximum atomic E-state index is 13.6. The van der Waals surface area contributed by atoms with Crippen LogP contribution < -0.4 is 0 Å². The summed E-state index contributed by atoms with van der Waals surface area (Å²) in [6.07, 6.45) is -0.241. The lowest BCUT2D eigenvalue weighted by molar-refractivity contribution is -0.385. The van der Waals surface area contributed by atoms with E-state index < -0.39 is 16.7 Å². The van der Waals surface area contributed by atoms with E-state index in [9.17, 15) is 19.3 Å². The Morgan fingerprint density at radius 2 is 1.95 bits per heavy atom. The molecule has 0 saturated carbocycles. The summed E-state index contributed by atoms with van der Waals surface area (Å²) >= 11 is 3.13. The second-order valence-corrected chi connectivity index (χ2v) is 5.37. The number of halogens is 2. The van der Waals surface area contributed by atoms with Crippen molar-refractivity contribution >= 4 is 27.6 Å². The zero-order valence-corrected chi connectivity index (χ0v) is 12.9. The molecule has 0 heterocycles. The highest BCUT2D eigenvalue weighted by Gasteiger charge is 2.16. The Hall–Kier alpha value is -2.28. The van der Waals surface area contributed by atoms with Crippen molar-refractivity contribution in [1.29, 1.82) is 0 Å². The lowest BCUT2D eigenvalue weighted by atomic mass is 10.1. The van der Waals surface area contributed by atoms with Gasteiger partial charge in [0.15, 0.2) is 0 Å². The van der Waals surface area contributed by atoms with Crippen molar-refractivity contribution in [2.75, 3.05) is 0 Å². The largest absolute Gasteiger partial charge is 0.460 e. The quantitative estimate of drug-likeness (QED) is 0.458. The number of carbonyl (C=O) groups excluding carboxylic acids is 1. The predicted octanol–water partition coefficient (Wildman–Crippen LogP) is 3.78. The summed E-state index contributed by atoms with van der Waals surface area (Å²) in [6.45, 7) is -0.224. The Kier molecular flexibility index (Phi) is 5.21. The van der Waals surface area contributed by atoms with Gasteiger partial charge in [0.25, 0.3) is 5.69 Å². The fourth-order valence-corrected chi connectivity index (χ4v) is 2.18. The van der Waals surface area contributed by atoms with Crippen LogP contribution in [-0.2, 0) is 22.6 Å². The van der Waals surface area contributed by atoms with Gasteiger partial charge in [-0.3, -0.25) is 14.9 Å². The molecule has 114 valence electrons. The molecule has 7 heteroatoms. The van der Waals surface area contributed by atoms with E-state index in [2.05, 4.69) is 15.9 Å². The zero-order chi connectivity index (χ0) is 16.1. The molecular weight excluding hydrogens is 357 g/mol. The third-order valence-electron chi connectivity index (χ3n) is 2.93. The van der Waals surface area contributed by atoms with E-state index in [1.165, 1.54) is 30.3 Å². The molecule has 0 bridgehead atoms. The topological polar surface area (TPSA) is 69.4 Å². The van der Waals surface area contributed by atoms with Crippen LogP contribution >= 0.6 is 15.9 Å². The molecule has 0 aliphatic rings. The molecule has 2 rings (SSSR count). The van der Waals surface area contributed by atoms with Gasteiger partial charge >= 0.3 is 5.97 Å². The monoisotopic (exact) mass is 367 g/mol. The SMILES string of the molecule is O=C(Cc1ccccc1[N+](=O)[O-])OCc1ccc(Br)cc1F. The summed E-state index contributed by atoms with van der Waals surface area (Å²) < 4.78 is 19.1. The minimum Gasteiger partial charge on any atom is -0.460 e. The number of nitrogens with zero attached hydrogens (tertiary/aromatic N) is 1. The summed E-state index contributed by atoms with van der Waals surface area (Å²) in [5.41, 5.74) is 0.349. The number of hydrogen-bond donors (Lipinski definition) is 0. The maximum Gasteiger partial charge on any atom is 0.310 e. The Morgan fingerprint density at radius 3 is 2.64 bits per heavy atom. The number of rotatable bonds is 5. The predicted molar refractivity (Wildman–Crippen MR) is 80.7 cm³/mol. The van der Waals surface area contributed by atoms with Crippen molar-refractivity contribution in [1.82, 2.24) is 0 Å². The number of ether oxygens (including phenoxy) is 1. The van der Waals surface area contributed by atoms with Crippen LogP contribution in [0.25, 0.3) is 0 Å². The van der Waals surface area contributed by atoms with Gasteiger partial charge < -0.3 is 4.74 Å².